The van der Waals surface area contributed by atoms with E-state index in [4.69, 9.17) is 14.6 Å². The molecule has 2 aromatic rings. The zero-order valence-electron chi connectivity index (χ0n) is 9.85. The van der Waals surface area contributed by atoms with Crippen LogP contribution in [0, 0.1) is 0 Å². The van der Waals surface area contributed by atoms with Gasteiger partial charge in [-0.15, -0.1) is 0 Å². The van der Waals surface area contributed by atoms with Crippen molar-refractivity contribution in [2.75, 3.05) is 19.8 Å². The first-order valence-corrected chi connectivity index (χ1v) is 5.75. The van der Waals surface area contributed by atoms with Gasteiger partial charge in [0, 0.05) is 10.8 Å². The summed E-state index contributed by atoms with van der Waals surface area (Å²) in [6.45, 7) is 2.92. The van der Waals surface area contributed by atoms with Gasteiger partial charge in [-0.1, -0.05) is 24.3 Å². The Morgan fingerprint density at radius 3 is 2.06 bits per heavy atom. The molecule has 1 N–H and O–H groups in total. The van der Waals surface area contributed by atoms with Crippen molar-refractivity contribution in [3.63, 3.8) is 0 Å². The Labute approximate surface area is 101 Å². The molecule has 2 rings (SSSR count). The second kappa shape index (κ2) is 5.55. The second-order valence-corrected chi connectivity index (χ2v) is 3.61. The molecule has 0 fully saturated rings. The molecule has 0 aromatic heterocycles. The lowest BCUT2D eigenvalue weighted by Gasteiger charge is -2.12. The maximum atomic E-state index is 8.79. The molecule has 3 nitrogen and oxygen atoms in total. The number of benzene rings is 2. The lowest BCUT2D eigenvalue weighted by molar-refractivity contribution is 0.202. The minimum absolute atomic E-state index is 0.0154. The van der Waals surface area contributed by atoms with Crippen molar-refractivity contribution in [1.82, 2.24) is 0 Å². The minimum atomic E-state index is 0.0154. The minimum Gasteiger partial charge on any atom is -0.493 e. The Hall–Kier alpha value is -1.74. The van der Waals surface area contributed by atoms with Crippen molar-refractivity contribution >= 4 is 10.8 Å². The summed E-state index contributed by atoms with van der Waals surface area (Å²) in [5.74, 6) is 1.64. The fourth-order valence-electron chi connectivity index (χ4n) is 1.81. The Balaban J connectivity index is 2.46. The third-order valence-electron chi connectivity index (χ3n) is 2.49. The van der Waals surface area contributed by atoms with Gasteiger partial charge in [-0.05, 0) is 19.1 Å². The van der Waals surface area contributed by atoms with Crippen LogP contribution in [0.4, 0.5) is 0 Å². The third kappa shape index (κ3) is 2.50. The molecular formula is C14H16O3. The lowest BCUT2D eigenvalue weighted by Crippen LogP contribution is -2.02. The quantitative estimate of drug-likeness (QED) is 0.861. The van der Waals surface area contributed by atoms with E-state index in [1.165, 1.54) is 0 Å². The van der Waals surface area contributed by atoms with Crippen LogP contribution in [0.5, 0.6) is 11.5 Å². The van der Waals surface area contributed by atoms with Crippen LogP contribution in [0.1, 0.15) is 6.92 Å². The monoisotopic (exact) mass is 232 g/mol. The molecule has 3 heteroatoms. The topological polar surface area (TPSA) is 38.7 Å². The smallest absolute Gasteiger partial charge is 0.127 e. The molecule has 0 heterocycles. The summed E-state index contributed by atoms with van der Waals surface area (Å²) in [5.41, 5.74) is 0. The number of ether oxygens (including phenoxy) is 2. The second-order valence-electron chi connectivity index (χ2n) is 3.61. The van der Waals surface area contributed by atoms with E-state index in [9.17, 15) is 0 Å². The van der Waals surface area contributed by atoms with Gasteiger partial charge >= 0.3 is 0 Å². The number of fused-ring (bicyclic) bond motifs is 1. The van der Waals surface area contributed by atoms with Crippen LogP contribution in [0.3, 0.4) is 0 Å². The molecule has 0 atom stereocenters. The van der Waals surface area contributed by atoms with Gasteiger partial charge in [0.2, 0.25) is 0 Å². The summed E-state index contributed by atoms with van der Waals surface area (Å²) in [6.07, 6.45) is 0. The lowest BCUT2D eigenvalue weighted by atomic mass is 10.1. The van der Waals surface area contributed by atoms with Gasteiger partial charge in [-0.3, -0.25) is 0 Å². The average Bonchev–Trinajstić information content (AvgIpc) is 2.38. The van der Waals surface area contributed by atoms with Crippen molar-refractivity contribution in [3.05, 3.63) is 36.4 Å². The predicted octanol–water partition coefficient (Wildman–Crippen LogP) is 2.61. The number of rotatable bonds is 5. The summed E-state index contributed by atoms with van der Waals surface area (Å²) in [4.78, 5) is 0. The molecule has 0 aliphatic rings. The van der Waals surface area contributed by atoms with Crippen molar-refractivity contribution in [2.24, 2.45) is 0 Å². The van der Waals surface area contributed by atoms with E-state index < -0.39 is 0 Å². The molecule has 0 saturated carbocycles. The van der Waals surface area contributed by atoms with Crippen molar-refractivity contribution in [3.8, 4) is 11.5 Å². The molecule has 0 radical (unpaired) electrons. The molecule has 0 amide bonds. The van der Waals surface area contributed by atoms with E-state index in [1.807, 2.05) is 43.3 Å². The van der Waals surface area contributed by atoms with Crippen LogP contribution in [0.25, 0.3) is 10.8 Å². The molecule has 0 unspecified atom stereocenters. The van der Waals surface area contributed by atoms with Crippen LogP contribution in [0.15, 0.2) is 36.4 Å². The largest absolute Gasteiger partial charge is 0.493 e. The van der Waals surface area contributed by atoms with E-state index in [0.29, 0.717) is 13.2 Å². The molecule has 0 aliphatic heterocycles. The van der Waals surface area contributed by atoms with E-state index in [2.05, 4.69) is 0 Å². The van der Waals surface area contributed by atoms with Gasteiger partial charge in [0.25, 0.3) is 0 Å². The first-order valence-electron chi connectivity index (χ1n) is 5.75. The molecule has 2 aromatic carbocycles. The summed E-state index contributed by atoms with van der Waals surface area (Å²) >= 11 is 0. The Kier molecular flexibility index (Phi) is 3.83. The van der Waals surface area contributed by atoms with Gasteiger partial charge in [0.15, 0.2) is 0 Å². The van der Waals surface area contributed by atoms with Gasteiger partial charge in [0.1, 0.15) is 18.1 Å². The van der Waals surface area contributed by atoms with Crippen molar-refractivity contribution < 1.29 is 14.6 Å². The fourth-order valence-corrected chi connectivity index (χ4v) is 1.81. The maximum Gasteiger partial charge on any atom is 0.127 e. The van der Waals surface area contributed by atoms with Crippen molar-refractivity contribution in [2.45, 2.75) is 6.92 Å². The Morgan fingerprint density at radius 2 is 1.53 bits per heavy atom. The highest BCUT2D eigenvalue weighted by Crippen LogP contribution is 2.32. The molecule has 0 spiro atoms. The van der Waals surface area contributed by atoms with Crippen LogP contribution in [0.2, 0.25) is 0 Å². The Bertz CT molecular complexity index is 494. The van der Waals surface area contributed by atoms with Gasteiger partial charge < -0.3 is 14.6 Å². The first-order chi connectivity index (χ1) is 8.36. The zero-order valence-corrected chi connectivity index (χ0v) is 9.85. The Morgan fingerprint density at radius 1 is 0.941 bits per heavy atom. The van der Waals surface area contributed by atoms with Crippen LogP contribution in [-0.2, 0) is 0 Å². The van der Waals surface area contributed by atoms with Crippen molar-refractivity contribution in [1.29, 1.82) is 0 Å². The highest BCUT2D eigenvalue weighted by atomic mass is 16.5. The van der Waals surface area contributed by atoms with Gasteiger partial charge in [-0.25, -0.2) is 0 Å². The molecule has 17 heavy (non-hydrogen) atoms. The third-order valence-corrected chi connectivity index (χ3v) is 2.49. The van der Waals surface area contributed by atoms with E-state index in [1.54, 1.807) is 0 Å². The summed E-state index contributed by atoms with van der Waals surface area (Å²) in [5, 5.41) is 10.8. The van der Waals surface area contributed by atoms with E-state index in [0.717, 1.165) is 22.3 Å². The summed E-state index contributed by atoms with van der Waals surface area (Å²) < 4.78 is 11.1. The van der Waals surface area contributed by atoms with E-state index in [-0.39, 0.29) is 6.61 Å². The van der Waals surface area contributed by atoms with E-state index >= 15 is 0 Å². The summed E-state index contributed by atoms with van der Waals surface area (Å²) in [6, 6.07) is 11.7. The normalized spacial score (nSPS) is 10.5. The number of hydrogen-bond acceptors (Lipinski definition) is 3. The van der Waals surface area contributed by atoms with Crippen LogP contribution < -0.4 is 9.47 Å². The van der Waals surface area contributed by atoms with Gasteiger partial charge in [-0.2, -0.15) is 0 Å². The number of aliphatic hydroxyl groups is 1. The zero-order chi connectivity index (χ0) is 12.1. The number of aliphatic hydroxyl groups excluding tert-OH is 1. The maximum absolute atomic E-state index is 8.79. The molecule has 0 bridgehead atoms. The highest BCUT2D eigenvalue weighted by molar-refractivity contribution is 5.93. The first kappa shape index (κ1) is 11.7. The van der Waals surface area contributed by atoms with Crippen LogP contribution >= 0.6 is 0 Å². The molecule has 90 valence electrons. The predicted molar refractivity (Wildman–Crippen MR) is 67.7 cm³/mol. The fraction of sp³-hybridized carbons (Fsp3) is 0.286. The van der Waals surface area contributed by atoms with Crippen LogP contribution in [-0.4, -0.2) is 24.9 Å². The highest BCUT2D eigenvalue weighted by Gasteiger charge is 2.06. The van der Waals surface area contributed by atoms with Gasteiger partial charge in [0.05, 0.1) is 13.2 Å². The SMILES string of the molecule is CCOc1ccc(OCCO)c2ccccc12. The molecule has 0 saturated heterocycles. The standard InChI is InChI=1S/C14H16O3/c1-2-16-13-7-8-14(17-10-9-15)12-6-4-3-5-11(12)13/h3-8,15H,2,9-10H2,1H3. The molecular weight excluding hydrogens is 216 g/mol. The molecule has 0 aliphatic carbocycles. The number of hydrogen-bond donors (Lipinski definition) is 1. The summed E-state index contributed by atoms with van der Waals surface area (Å²) in [7, 11) is 0. The average molecular weight is 232 g/mol.